The second-order valence-electron chi connectivity index (χ2n) is 5.04. The molecule has 0 radical (unpaired) electrons. The molecule has 3 rings (SSSR count). The zero-order valence-corrected chi connectivity index (χ0v) is 13.6. The number of rotatable bonds is 5. The number of aliphatic imine (C=N–C) groups is 1. The molecule has 3 N–H and O–H groups in total. The van der Waals surface area contributed by atoms with Crippen LogP contribution < -0.4 is 5.56 Å². The van der Waals surface area contributed by atoms with Crippen LogP contribution >= 0.6 is 12.2 Å². The molecular formula is C15H15N5O3S. The van der Waals surface area contributed by atoms with Crippen LogP contribution in [0.1, 0.15) is 5.56 Å². The summed E-state index contributed by atoms with van der Waals surface area (Å²) in [6.45, 7) is 0.668. The van der Waals surface area contributed by atoms with Gasteiger partial charge in [0.15, 0.2) is 4.77 Å². The van der Waals surface area contributed by atoms with Crippen LogP contribution in [-0.4, -0.2) is 44.8 Å². The number of hydrogen-bond acceptors (Lipinski definition) is 6. The average molecular weight is 345 g/mol. The third kappa shape index (κ3) is 3.12. The molecule has 0 unspecified atom stereocenters. The molecule has 24 heavy (non-hydrogen) atoms. The van der Waals surface area contributed by atoms with Gasteiger partial charge in [0.05, 0.1) is 30.6 Å². The first-order chi connectivity index (χ1) is 11.6. The zero-order valence-electron chi connectivity index (χ0n) is 12.8. The number of H-pyrrole nitrogens is 2. The minimum absolute atomic E-state index is 0.0343. The lowest BCUT2D eigenvalue weighted by atomic mass is 10.2. The smallest absolute Gasteiger partial charge is 0.264 e. The number of hydrogen-bond donors (Lipinski definition) is 3. The van der Waals surface area contributed by atoms with Gasteiger partial charge in [0, 0.05) is 18.7 Å². The van der Waals surface area contributed by atoms with Crippen molar-refractivity contribution >= 4 is 35.0 Å². The highest BCUT2D eigenvalue weighted by Crippen LogP contribution is 2.20. The van der Waals surface area contributed by atoms with Crippen molar-refractivity contribution in [3.63, 3.8) is 0 Å². The van der Waals surface area contributed by atoms with Gasteiger partial charge in [-0.2, -0.15) is 5.10 Å². The van der Waals surface area contributed by atoms with Gasteiger partial charge in [0.1, 0.15) is 5.56 Å². The van der Waals surface area contributed by atoms with E-state index >= 15 is 0 Å². The highest BCUT2D eigenvalue weighted by Gasteiger charge is 2.10. The van der Waals surface area contributed by atoms with Gasteiger partial charge in [0.2, 0.25) is 5.88 Å². The Bertz CT molecular complexity index is 1020. The van der Waals surface area contributed by atoms with E-state index in [1.807, 2.05) is 12.1 Å². The van der Waals surface area contributed by atoms with Gasteiger partial charge in [0.25, 0.3) is 5.56 Å². The zero-order chi connectivity index (χ0) is 17.1. The molecule has 0 bridgehead atoms. The summed E-state index contributed by atoms with van der Waals surface area (Å²) >= 11 is 5.06. The quantitative estimate of drug-likeness (QED) is 0.483. The SMILES string of the molecule is COCCn1c(O)c(C=Nc2ccc3[nH]ncc3c2)c(=O)[nH]c1=S. The summed E-state index contributed by atoms with van der Waals surface area (Å²) < 4.78 is 6.50. The molecule has 8 nitrogen and oxygen atoms in total. The first-order valence-electron chi connectivity index (χ1n) is 7.12. The standard InChI is InChI=1S/C15H15N5O3S/c1-23-5-4-20-14(22)11(13(21)18-15(20)24)8-16-10-2-3-12-9(6-10)7-17-19-12/h2-3,6-8,22H,4-5H2,1H3,(H,17,19)(H,18,21,24). The summed E-state index contributed by atoms with van der Waals surface area (Å²) in [7, 11) is 1.54. The topological polar surface area (TPSA) is 108 Å². The fourth-order valence-electron chi connectivity index (χ4n) is 2.23. The van der Waals surface area contributed by atoms with Gasteiger partial charge >= 0.3 is 0 Å². The summed E-state index contributed by atoms with van der Waals surface area (Å²) in [5.41, 5.74) is 1.06. The lowest BCUT2D eigenvalue weighted by Gasteiger charge is -2.10. The maximum Gasteiger partial charge on any atom is 0.264 e. The maximum absolute atomic E-state index is 12.0. The maximum atomic E-state index is 12.0. The van der Waals surface area contributed by atoms with Gasteiger partial charge in [-0.15, -0.1) is 0 Å². The molecule has 0 spiro atoms. The normalized spacial score (nSPS) is 11.5. The van der Waals surface area contributed by atoms with E-state index in [0.717, 1.165) is 10.9 Å². The van der Waals surface area contributed by atoms with E-state index in [9.17, 15) is 9.90 Å². The molecule has 9 heteroatoms. The van der Waals surface area contributed by atoms with E-state index in [1.54, 1.807) is 19.4 Å². The fraction of sp³-hybridized carbons (Fsp3) is 0.200. The number of fused-ring (bicyclic) bond motifs is 1. The van der Waals surface area contributed by atoms with Crippen LogP contribution in [0.5, 0.6) is 5.88 Å². The van der Waals surface area contributed by atoms with E-state index in [4.69, 9.17) is 17.0 Å². The van der Waals surface area contributed by atoms with Crippen LogP contribution in [0.25, 0.3) is 10.9 Å². The highest BCUT2D eigenvalue weighted by molar-refractivity contribution is 7.71. The number of methoxy groups -OCH3 is 1. The summed E-state index contributed by atoms with van der Waals surface area (Å²) in [5.74, 6) is -0.242. The molecule has 0 fully saturated rings. The number of nitrogens with one attached hydrogen (secondary N) is 2. The van der Waals surface area contributed by atoms with E-state index in [2.05, 4.69) is 20.2 Å². The van der Waals surface area contributed by atoms with Crippen molar-refractivity contribution < 1.29 is 9.84 Å². The summed E-state index contributed by atoms with van der Waals surface area (Å²) in [6, 6.07) is 5.44. The number of aromatic nitrogens is 4. The van der Waals surface area contributed by atoms with E-state index in [0.29, 0.717) is 18.8 Å². The minimum Gasteiger partial charge on any atom is -0.494 e. The first-order valence-corrected chi connectivity index (χ1v) is 7.53. The van der Waals surface area contributed by atoms with E-state index < -0.39 is 5.56 Å². The number of ether oxygens (including phenoxy) is 1. The minimum atomic E-state index is -0.501. The van der Waals surface area contributed by atoms with Crippen molar-refractivity contribution in [3.05, 3.63) is 45.1 Å². The van der Waals surface area contributed by atoms with Gasteiger partial charge in [-0.1, -0.05) is 0 Å². The largest absolute Gasteiger partial charge is 0.494 e. The average Bonchev–Trinajstić information content (AvgIpc) is 3.02. The molecule has 0 saturated heterocycles. The Morgan fingerprint density at radius 1 is 1.50 bits per heavy atom. The molecule has 2 aromatic heterocycles. The predicted molar refractivity (Wildman–Crippen MR) is 92.8 cm³/mol. The molecule has 124 valence electrons. The molecule has 0 amide bonds. The van der Waals surface area contributed by atoms with Crippen molar-refractivity contribution in [1.82, 2.24) is 19.7 Å². The molecule has 0 aliphatic heterocycles. The van der Waals surface area contributed by atoms with Crippen LogP contribution in [0.15, 0.2) is 34.2 Å². The van der Waals surface area contributed by atoms with Gasteiger partial charge in [-0.3, -0.25) is 24.4 Å². The molecule has 0 atom stereocenters. The monoisotopic (exact) mass is 345 g/mol. The van der Waals surface area contributed by atoms with Crippen molar-refractivity contribution in [3.8, 4) is 5.88 Å². The van der Waals surface area contributed by atoms with Crippen LogP contribution in [0.2, 0.25) is 0 Å². The second kappa shape index (κ2) is 6.77. The second-order valence-corrected chi connectivity index (χ2v) is 5.43. The Morgan fingerprint density at radius 3 is 3.12 bits per heavy atom. The first kappa shape index (κ1) is 16.1. The molecule has 0 aliphatic carbocycles. The van der Waals surface area contributed by atoms with Crippen LogP contribution in [-0.2, 0) is 11.3 Å². The van der Waals surface area contributed by atoms with Gasteiger partial charge in [-0.25, -0.2) is 0 Å². The van der Waals surface area contributed by atoms with Crippen molar-refractivity contribution in [2.24, 2.45) is 4.99 Å². The predicted octanol–water partition coefficient (Wildman–Crippen LogP) is 1.88. The van der Waals surface area contributed by atoms with Crippen LogP contribution in [0.4, 0.5) is 5.69 Å². The van der Waals surface area contributed by atoms with Crippen molar-refractivity contribution in [2.75, 3.05) is 13.7 Å². The summed E-state index contributed by atoms with van der Waals surface area (Å²) in [6.07, 6.45) is 3.00. The molecular weight excluding hydrogens is 330 g/mol. The molecule has 0 saturated carbocycles. The number of benzene rings is 1. The molecule has 1 aromatic carbocycles. The highest BCUT2D eigenvalue weighted by atomic mass is 32.1. The summed E-state index contributed by atoms with van der Waals surface area (Å²) in [5, 5.41) is 18.0. The number of aromatic hydroxyl groups is 1. The molecule has 2 heterocycles. The van der Waals surface area contributed by atoms with Crippen molar-refractivity contribution in [2.45, 2.75) is 6.54 Å². The van der Waals surface area contributed by atoms with Gasteiger partial charge < -0.3 is 9.84 Å². The van der Waals surface area contributed by atoms with Crippen molar-refractivity contribution in [1.29, 1.82) is 0 Å². The lowest BCUT2D eigenvalue weighted by molar-refractivity contribution is 0.182. The Morgan fingerprint density at radius 2 is 2.33 bits per heavy atom. The van der Waals surface area contributed by atoms with Crippen LogP contribution in [0.3, 0.4) is 0 Å². The summed E-state index contributed by atoms with van der Waals surface area (Å²) in [4.78, 5) is 18.8. The Hall–Kier alpha value is -2.78. The van der Waals surface area contributed by atoms with E-state index in [1.165, 1.54) is 10.8 Å². The Balaban J connectivity index is 1.99. The number of aromatic amines is 2. The Kier molecular flexibility index (Phi) is 4.54. The number of nitrogens with zero attached hydrogens (tertiary/aromatic N) is 3. The Labute approximate surface area is 141 Å². The van der Waals surface area contributed by atoms with Gasteiger partial charge in [-0.05, 0) is 30.4 Å². The lowest BCUT2D eigenvalue weighted by Crippen LogP contribution is -2.20. The van der Waals surface area contributed by atoms with Crippen LogP contribution in [0, 0.1) is 4.77 Å². The molecule has 0 aliphatic rings. The third-order valence-corrected chi connectivity index (χ3v) is 3.81. The van der Waals surface area contributed by atoms with E-state index in [-0.39, 0.29) is 16.2 Å². The fourth-order valence-corrected chi connectivity index (χ4v) is 2.50. The third-order valence-electron chi connectivity index (χ3n) is 3.49. The molecule has 3 aromatic rings.